The van der Waals surface area contributed by atoms with Crippen LogP contribution >= 0.6 is 0 Å². The third kappa shape index (κ3) is 3.31. The number of nitrogens with zero attached hydrogens (tertiary/aromatic N) is 2. The highest BCUT2D eigenvalue weighted by Crippen LogP contribution is 2.32. The van der Waals surface area contributed by atoms with Crippen molar-refractivity contribution in [1.82, 2.24) is 9.80 Å². The minimum absolute atomic E-state index is 0.220. The van der Waals surface area contributed by atoms with E-state index in [9.17, 15) is 0 Å². The Bertz CT molecular complexity index is 447. The monoisotopic (exact) mass is 287 g/mol. The van der Waals surface area contributed by atoms with Crippen LogP contribution in [0.15, 0.2) is 30.3 Å². The largest absolute Gasteiger partial charge is 0.329 e. The third-order valence-corrected chi connectivity index (χ3v) is 5.36. The van der Waals surface area contributed by atoms with Crippen LogP contribution in [-0.4, -0.2) is 48.1 Å². The number of rotatable bonds is 4. The van der Waals surface area contributed by atoms with Gasteiger partial charge in [-0.05, 0) is 43.8 Å². The van der Waals surface area contributed by atoms with E-state index >= 15 is 0 Å². The van der Waals surface area contributed by atoms with Gasteiger partial charge in [-0.1, -0.05) is 37.3 Å². The molecule has 2 N–H and O–H groups in total. The van der Waals surface area contributed by atoms with Gasteiger partial charge in [0.1, 0.15) is 0 Å². The molecule has 3 heteroatoms. The van der Waals surface area contributed by atoms with Crippen molar-refractivity contribution >= 4 is 0 Å². The summed E-state index contributed by atoms with van der Waals surface area (Å²) in [5.74, 6) is 0.831. The summed E-state index contributed by atoms with van der Waals surface area (Å²) in [5.41, 5.74) is 7.89. The topological polar surface area (TPSA) is 32.5 Å². The maximum atomic E-state index is 6.25. The van der Waals surface area contributed by atoms with Gasteiger partial charge in [0.2, 0.25) is 0 Å². The van der Waals surface area contributed by atoms with Gasteiger partial charge < -0.3 is 5.73 Å². The first-order chi connectivity index (χ1) is 10.2. The van der Waals surface area contributed by atoms with E-state index in [2.05, 4.69) is 47.1 Å². The highest BCUT2D eigenvalue weighted by atomic mass is 15.3. The van der Waals surface area contributed by atoms with Gasteiger partial charge in [-0.2, -0.15) is 0 Å². The lowest BCUT2D eigenvalue weighted by Gasteiger charge is -2.48. The van der Waals surface area contributed by atoms with Crippen LogP contribution in [0.1, 0.15) is 31.7 Å². The molecule has 2 aliphatic heterocycles. The Hall–Kier alpha value is -0.900. The van der Waals surface area contributed by atoms with Crippen LogP contribution in [0, 0.1) is 5.92 Å². The van der Waals surface area contributed by atoms with Gasteiger partial charge in [-0.3, -0.25) is 9.80 Å². The van der Waals surface area contributed by atoms with Gasteiger partial charge in [0, 0.05) is 31.7 Å². The molecular formula is C18H29N3. The van der Waals surface area contributed by atoms with Crippen molar-refractivity contribution in [1.29, 1.82) is 0 Å². The van der Waals surface area contributed by atoms with Crippen molar-refractivity contribution in [3.05, 3.63) is 35.9 Å². The lowest BCUT2D eigenvalue weighted by atomic mass is 9.87. The first-order valence-electron chi connectivity index (χ1n) is 8.43. The molecular weight excluding hydrogens is 258 g/mol. The number of piperidine rings is 1. The average Bonchev–Trinajstić information content (AvgIpc) is 2.96. The Morgan fingerprint density at radius 2 is 2.05 bits per heavy atom. The summed E-state index contributed by atoms with van der Waals surface area (Å²) >= 11 is 0. The molecule has 0 aliphatic carbocycles. The number of hydrogen-bond acceptors (Lipinski definition) is 3. The number of nitrogens with two attached hydrogens (primary N) is 1. The second-order valence-electron chi connectivity index (χ2n) is 7.07. The molecule has 0 radical (unpaired) electrons. The second kappa shape index (κ2) is 6.47. The van der Waals surface area contributed by atoms with E-state index in [1.807, 2.05) is 0 Å². The van der Waals surface area contributed by atoms with Crippen LogP contribution < -0.4 is 5.73 Å². The molecule has 0 aromatic heterocycles. The average molecular weight is 287 g/mol. The predicted octanol–water partition coefficient (Wildman–Crippen LogP) is 2.32. The van der Waals surface area contributed by atoms with Crippen molar-refractivity contribution in [3.63, 3.8) is 0 Å². The summed E-state index contributed by atoms with van der Waals surface area (Å²) in [5, 5.41) is 0. The summed E-state index contributed by atoms with van der Waals surface area (Å²) in [6, 6.07) is 10.8. The molecule has 0 spiro atoms. The first kappa shape index (κ1) is 15.0. The van der Waals surface area contributed by atoms with Gasteiger partial charge in [0.15, 0.2) is 0 Å². The molecule has 2 aliphatic rings. The zero-order valence-corrected chi connectivity index (χ0v) is 13.3. The molecule has 0 amide bonds. The van der Waals surface area contributed by atoms with Crippen molar-refractivity contribution in [2.45, 2.75) is 38.3 Å². The van der Waals surface area contributed by atoms with E-state index in [4.69, 9.17) is 5.73 Å². The van der Waals surface area contributed by atoms with Crippen LogP contribution in [-0.2, 0) is 6.54 Å². The van der Waals surface area contributed by atoms with E-state index in [1.54, 1.807) is 0 Å². The van der Waals surface area contributed by atoms with E-state index in [1.165, 1.54) is 44.5 Å². The molecule has 2 unspecified atom stereocenters. The fraction of sp³-hybridized carbons (Fsp3) is 0.667. The molecule has 2 saturated heterocycles. The van der Waals surface area contributed by atoms with Crippen LogP contribution in [0.4, 0.5) is 0 Å². The Balaban J connectivity index is 1.68. The van der Waals surface area contributed by atoms with E-state index in [-0.39, 0.29) is 5.54 Å². The number of benzene rings is 1. The van der Waals surface area contributed by atoms with E-state index < -0.39 is 0 Å². The molecule has 21 heavy (non-hydrogen) atoms. The number of hydrogen-bond donors (Lipinski definition) is 1. The zero-order chi connectivity index (χ0) is 14.7. The van der Waals surface area contributed by atoms with Crippen molar-refractivity contribution in [2.75, 3.05) is 32.7 Å². The minimum Gasteiger partial charge on any atom is -0.329 e. The molecule has 2 atom stereocenters. The molecule has 1 aromatic rings. The molecule has 1 aromatic carbocycles. The minimum atomic E-state index is 0.220. The van der Waals surface area contributed by atoms with E-state index in [0.29, 0.717) is 0 Å². The Labute approximate surface area is 129 Å². The fourth-order valence-corrected chi connectivity index (χ4v) is 4.10. The Kier molecular flexibility index (Phi) is 4.63. The lowest BCUT2D eigenvalue weighted by Crippen LogP contribution is -2.61. The maximum Gasteiger partial charge on any atom is 0.0459 e. The second-order valence-corrected chi connectivity index (χ2v) is 7.07. The van der Waals surface area contributed by atoms with Gasteiger partial charge in [0.25, 0.3) is 0 Å². The van der Waals surface area contributed by atoms with Gasteiger partial charge in [-0.15, -0.1) is 0 Å². The standard InChI is InChI=1S/C18H29N3/c1-16-8-11-21(12-16)18(14-19)9-5-10-20(15-18)13-17-6-3-2-4-7-17/h2-4,6-7,16H,5,8-15,19H2,1H3. The van der Waals surface area contributed by atoms with Crippen LogP contribution in [0.25, 0.3) is 0 Å². The summed E-state index contributed by atoms with van der Waals surface area (Å²) < 4.78 is 0. The SMILES string of the molecule is CC1CCN(C2(CN)CCCN(Cc3ccccc3)C2)C1. The summed E-state index contributed by atoms with van der Waals surface area (Å²) in [6.45, 7) is 9.03. The van der Waals surface area contributed by atoms with E-state index in [0.717, 1.165) is 25.6 Å². The summed E-state index contributed by atoms with van der Waals surface area (Å²) in [6.07, 6.45) is 3.87. The van der Waals surface area contributed by atoms with Gasteiger partial charge >= 0.3 is 0 Å². The van der Waals surface area contributed by atoms with Crippen LogP contribution in [0.5, 0.6) is 0 Å². The molecule has 116 valence electrons. The Morgan fingerprint density at radius 3 is 2.71 bits per heavy atom. The summed E-state index contributed by atoms with van der Waals surface area (Å²) in [4.78, 5) is 5.30. The lowest BCUT2D eigenvalue weighted by molar-refractivity contribution is 0.0269. The Morgan fingerprint density at radius 1 is 1.24 bits per heavy atom. The van der Waals surface area contributed by atoms with Crippen molar-refractivity contribution in [3.8, 4) is 0 Å². The van der Waals surface area contributed by atoms with Crippen molar-refractivity contribution in [2.24, 2.45) is 11.7 Å². The normalized spacial score (nSPS) is 31.6. The zero-order valence-electron chi connectivity index (χ0n) is 13.3. The van der Waals surface area contributed by atoms with Crippen LogP contribution in [0.3, 0.4) is 0 Å². The van der Waals surface area contributed by atoms with Gasteiger partial charge in [-0.25, -0.2) is 0 Å². The summed E-state index contributed by atoms with van der Waals surface area (Å²) in [7, 11) is 0. The highest BCUT2D eigenvalue weighted by molar-refractivity contribution is 5.15. The molecule has 3 rings (SSSR count). The first-order valence-corrected chi connectivity index (χ1v) is 8.43. The third-order valence-electron chi connectivity index (χ3n) is 5.36. The molecule has 2 heterocycles. The predicted molar refractivity (Wildman–Crippen MR) is 88.1 cm³/mol. The molecule has 0 saturated carbocycles. The van der Waals surface area contributed by atoms with Crippen molar-refractivity contribution < 1.29 is 0 Å². The highest BCUT2D eigenvalue weighted by Gasteiger charge is 2.41. The maximum absolute atomic E-state index is 6.25. The van der Waals surface area contributed by atoms with Crippen LogP contribution in [0.2, 0.25) is 0 Å². The number of likely N-dealkylation sites (tertiary alicyclic amines) is 2. The fourth-order valence-electron chi connectivity index (χ4n) is 4.10. The quantitative estimate of drug-likeness (QED) is 0.922. The molecule has 3 nitrogen and oxygen atoms in total. The molecule has 0 bridgehead atoms. The molecule has 2 fully saturated rings. The smallest absolute Gasteiger partial charge is 0.0459 e. The van der Waals surface area contributed by atoms with Gasteiger partial charge in [0.05, 0.1) is 0 Å².